The molecule has 0 spiro atoms. The summed E-state index contributed by atoms with van der Waals surface area (Å²) < 4.78 is 22.5. The molecule has 7 heteroatoms. The van der Waals surface area contributed by atoms with Crippen LogP contribution < -0.4 is 0 Å². The Bertz CT molecular complexity index is 502. The Labute approximate surface area is 114 Å². The second kappa shape index (κ2) is 6.97. The number of carbonyl (C=O) groups excluding carboxylic acids is 2. The first-order valence-corrected chi connectivity index (χ1v) is 5.71. The van der Waals surface area contributed by atoms with E-state index in [0.717, 1.165) is 26.4 Å². The van der Waals surface area contributed by atoms with Crippen LogP contribution in [0.2, 0.25) is 0 Å². The maximum atomic E-state index is 13.8. The molecule has 1 rings (SSSR count). The lowest BCUT2D eigenvalue weighted by Crippen LogP contribution is -2.23. The van der Waals surface area contributed by atoms with Gasteiger partial charge in [-0.2, -0.15) is 0 Å². The molecular weight excluding hydrogens is 271 g/mol. The molecule has 0 saturated heterocycles. The molecule has 2 atom stereocenters. The summed E-state index contributed by atoms with van der Waals surface area (Å²) in [5.41, 5.74) is -0.252. The second-order valence-electron chi connectivity index (χ2n) is 4.02. The zero-order chi connectivity index (χ0) is 15.3. The van der Waals surface area contributed by atoms with E-state index in [1.807, 2.05) is 0 Å². The van der Waals surface area contributed by atoms with Crippen molar-refractivity contribution in [3.63, 3.8) is 0 Å². The van der Waals surface area contributed by atoms with Gasteiger partial charge in [-0.15, -0.1) is 0 Å². The standard InChI is InChI=1S/C13H15FO6/c1-19-11(16)6-10(15)12(17)8-4-3-7(5-9(8)14)13(18)20-2/h3-5,10,12,15,17H,6H2,1-2H3. The van der Waals surface area contributed by atoms with Crippen molar-refractivity contribution in [2.24, 2.45) is 0 Å². The number of hydrogen-bond donors (Lipinski definition) is 2. The van der Waals surface area contributed by atoms with Gasteiger partial charge in [-0.3, -0.25) is 4.79 Å². The lowest BCUT2D eigenvalue weighted by atomic mass is 10.00. The molecule has 0 radical (unpaired) electrons. The van der Waals surface area contributed by atoms with E-state index < -0.39 is 36.4 Å². The highest BCUT2D eigenvalue weighted by molar-refractivity contribution is 5.89. The van der Waals surface area contributed by atoms with Crippen LogP contribution in [0.5, 0.6) is 0 Å². The molecule has 110 valence electrons. The molecule has 0 aliphatic carbocycles. The van der Waals surface area contributed by atoms with Crippen molar-refractivity contribution < 1.29 is 33.7 Å². The summed E-state index contributed by atoms with van der Waals surface area (Å²) in [6.07, 6.45) is -3.60. The van der Waals surface area contributed by atoms with E-state index in [1.54, 1.807) is 0 Å². The van der Waals surface area contributed by atoms with Crippen LogP contribution in [0.3, 0.4) is 0 Å². The fraction of sp³-hybridized carbons (Fsp3) is 0.385. The Balaban J connectivity index is 2.91. The highest BCUT2D eigenvalue weighted by atomic mass is 19.1. The monoisotopic (exact) mass is 286 g/mol. The van der Waals surface area contributed by atoms with Crippen molar-refractivity contribution in [2.45, 2.75) is 18.6 Å². The summed E-state index contributed by atoms with van der Waals surface area (Å²) >= 11 is 0. The zero-order valence-corrected chi connectivity index (χ0v) is 11.0. The smallest absolute Gasteiger partial charge is 0.337 e. The van der Waals surface area contributed by atoms with Crippen LogP contribution in [0.25, 0.3) is 0 Å². The van der Waals surface area contributed by atoms with Gasteiger partial charge in [-0.25, -0.2) is 9.18 Å². The first kappa shape index (κ1) is 16.1. The predicted molar refractivity (Wildman–Crippen MR) is 65.3 cm³/mol. The highest BCUT2D eigenvalue weighted by Gasteiger charge is 2.25. The van der Waals surface area contributed by atoms with E-state index in [2.05, 4.69) is 9.47 Å². The average molecular weight is 286 g/mol. The molecule has 0 heterocycles. The third-order valence-corrected chi connectivity index (χ3v) is 2.71. The summed E-state index contributed by atoms with van der Waals surface area (Å²) in [5, 5.41) is 19.4. The number of ether oxygens (including phenoxy) is 2. The SMILES string of the molecule is COC(=O)CC(O)C(O)c1ccc(C(=O)OC)cc1F. The lowest BCUT2D eigenvalue weighted by Gasteiger charge is -2.18. The maximum absolute atomic E-state index is 13.8. The first-order valence-electron chi connectivity index (χ1n) is 5.71. The summed E-state index contributed by atoms with van der Waals surface area (Å²) in [6, 6.07) is 3.28. The molecule has 6 nitrogen and oxygen atoms in total. The molecule has 0 bridgehead atoms. The zero-order valence-electron chi connectivity index (χ0n) is 11.0. The fourth-order valence-electron chi connectivity index (χ4n) is 1.58. The summed E-state index contributed by atoms with van der Waals surface area (Å²) in [4.78, 5) is 22.2. The number of methoxy groups -OCH3 is 2. The Morgan fingerprint density at radius 1 is 1.25 bits per heavy atom. The van der Waals surface area contributed by atoms with Gasteiger partial charge >= 0.3 is 11.9 Å². The molecule has 2 N–H and O–H groups in total. The topological polar surface area (TPSA) is 93.1 Å². The van der Waals surface area contributed by atoms with Crippen molar-refractivity contribution in [1.82, 2.24) is 0 Å². The van der Waals surface area contributed by atoms with Gasteiger partial charge in [0.2, 0.25) is 0 Å². The van der Waals surface area contributed by atoms with E-state index in [0.29, 0.717) is 0 Å². The minimum atomic E-state index is -1.61. The number of rotatable bonds is 5. The van der Waals surface area contributed by atoms with Crippen molar-refractivity contribution in [3.05, 3.63) is 35.1 Å². The largest absolute Gasteiger partial charge is 0.469 e. The molecule has 1 aromatic rings. The Morgan fingerprint density at radius 3 is 2.40 bits per heavy atom. The van der Waals surface area contributed by atoms with Crippen molar-refractivity contribution in [2.75, 3.05) is 14.2 Å². The number of hydrogen-bond acceptors (Lipinski definition) is 6. The Hall–Kier alpha value is -1.99. The molecule has 0 amide bonds. The fourth-order valence-corrected chi connectivity index (χ4v) is 1.58. The van der Waals surface area contributed by atoms with Gasteiger partial charge in [-0.1, -0.05) is 6.07 Å². The van der Waals surface area contributed by atoms with Crippen molar-refractivity contribution in [3.8, 4) is 0 Å². The van der Waals surface area contributed by atoms with E-state index in [4.69, 9.17) is 0 Å². The second-order valence-corrected chi connectivity index (χ2v) is 4.02. The predicted octanol–water partition coefficient (Wildman–Crippen LogP) is 0.570. The third-order valence-electron chi connectivity index (χ3n) is 2.71. The average Bonchev–Trinajstić information content (AvgIpc) is 2.45. The normalized spacial score (nSPS) is 13.4. The van der Waals surface area contributed by atoms with Crippen LogP contribution in [0.15, 0.2) is 18.2 Å². The molecule has 2 unspecified atom stereocenters. The molecule has 0 aliphatic heterocycles. The third kappa shape index (κ3) is 3.75. The number of aliphatic hydroxyl groups is 2. The molecule has 0 saturated carbocycles. The van der Waals surface area contributed by atoms with E-state index in [-0.39, 0.29) is 11.1 Å². The van der Waals surface area contributed by atoms with E-state index in [1.165, 1.54) is 6.07 Å². The van der Waals surface area contributed by atoms with Crippen LogP contribution >= 0.6 is 0 Å². The first-order chi connectivity index (χ1) is 9.40. The number of esters is 2. The van der Waals surface area contributed by atoms with E-state index >= 15 is 0 Å². The number of aliphatic hydroxyl groups excluding tert-OH is 2. The highest BCUT2D eigenvalue weighted by Crippen LogP contribution is 2.23. The van der Waals surface area contributed by atoms with Crippen LogP contribution in [-0.2, 0) is 14.3 Å². The van der Waals surface area contributed by atoms with Gasteiger partial charge in [0.1, 0.15) is 11.9 Å². The summed E-state index contributed by atoms with van der Waals surface area (Å²) in [5.74, 6) is -2.34. The van der Waals surface area contributed by atoms with Crippen LogP contribution in [0.1, 0.15) is 28.4 Å². The number of carbonyl (C=O) groups is 2. The van der Waals surface area contributed by atoms with Gasteiger partial charge in [0.15, 0.2) is 0 Å². The minimum Gasteiger partial charge on any atom is -0.469 e. The quantitative estimate of drug-likeness (QED) is 0.769. The molecule has 0 aliphatic rings. The van der Waals surface area contributed by atoms with Crippen LogP contribution in [0, 0.1) is 5.82 Å². The lowest BCUT2D eigenvalue weighted by molar-refractivity contribution is -0.144. The van der Waals surface area contributed by atoms with Gasteiger partial charge in [-0.05, 0) is 12.1 Å². The van der Waals surface area contributed by atoms with E-state index in [9.17, 15) is 24.2 Å². The van der Waals surface area contributed by atoms with Gasteiger partial charge in [0.05, 0.1) is 32.3 Å². The minimum absolute atomic E-state index is 0.0246. The molecular formula is C13H15FO6. The van der Waals surface area contributed by atoms with Gasteiger partial charge < -0.3 is 19.7 Å². The molecule has 20 heavy (non-hydrogen) atoms. The molecule has 1 aromatic carbocycles. The Morgan fingerprint density at radius 2 is 1.90 bits per heavy atom. The summed E-state index contributed by atoms with van der Waals surface area (Å²) in [6.45, 7) is 0. The van der Waals surface area contributed by atoms with Gasteiger partial charge in [0, 0.05) is 5.56 Å². The number of benzene rings is 1. The van der Waals surface area contributed by atoms with Gasteiger partial charge in [0.25, 0.3) is 0 Å². The van der Waals surface area contributed by atoms with Crippen molar-refractivity contribution in [1.29, 1.82) is 0 Å². The number of halogens is 1. The van der Waals surface area contributed by atoms with Crippen LogP contribution in [0.4, 0.5) is 4.39 Å². The van der Waals surface area contributed by atoms with Crippen LogP contribution in [-0.4, -0.2) is 42.5 Å². The van der Waals surface area contributed by atoms with Crippen molar-refractivity contribution >= 4 is 11.9 Å². The molecule has 0 aromatic heterocycles. The molecule has 0 fully saturated rings. The maximum Gasteiger partial charge on any atom is 0.337 e. The Kier molecular flexibility index (Phi) is 5.60. The summed E-state index contributed by atoms with van der Waals surface area (Å²) in [7, 11) is 2.29.